The summed E-state index contributed by atoms with van der Waals surface area (Å²) in [5.41, 5.74) is -0.903. The maximum Gasteiger partial charge on any atom is 0.320 e. The third-order valence-electron chi connectivity index (χ3n) is 4.39. The number of nitrogens with one attached hydrogen (secondary N) is 4. The van der Waals surface area contributed by atoms with E-state index < -0.39 is 21.7 Å². The van der Waals surface area contributed by atoms with E-state index in [1.807, 2.05) is 25.2 Å². The molecule has 0 aliphatic carbocycles. The molecule has 4 atom stereocenters. The molecular formula is C14H19N5O3S. The smallest absolute Gasteiger partial charge is 0.320 e. The topological polar surface area (TPSA) is 128 Å². The summed E-state index contributed by atoms with van der Waals surface area (Å²) in [6.07, 6.45) is 10.3. The SMILES string of the molecule is CC(CO)C1(C2([S+](C)[O-])N=c3[nH][nH]c(=O)c3=CN2)C=CC=CN1. The Bertz CT molecular complexity index is 826. The van der Waals surface area contributed by atoms with Gasteiger partial charge in [0.05, 0.1) is 6.26 Å². The second-order valence-corrected chi connectivity index (χ2v) is 7.15. The molecule has 5 N–H and O–H groups in total. The van der Waals surface area contributed by atoms with Crippen LogP contribution in [0.2, 0.25) is 0 Å². The summed E-state index contributed by atoms with van der Waals surface area (Å²) in [5, 5.41) is 21.5. The standard InChI is InChI=1S/C14H19N5O3S/c1-9(8-20)13(5-3-4-6-15-13)14(23(2)22)16-7-10-11(17-14)18-19-12(10)21/h3-7,9,15-16,20H,8H2,1-2H3,(H,17,18)(H,19,21). The van der Waals surface area contributed by atoms with E-state index in [9.17, 15) is 14.5 Å². The van der Waals surface area contributed by atoms with Crippen LogP contribution in [0.1, 0.15) is 6.92 Å². The van der Waals surface area contributed by atoms with Crippen LogP contribution >= 0.6 is 0 Å². The number of hydrogen-bond acceptors (Lipinski definition) is 6. The minimum absolute atomic E-state index is 0.127. The first-order valence-electron chi connectivity index (χ1n) is 7.18. The van der Waals surface area contributed by atoms with Gasteiger partial charge < -0.3 is 20.3 Å². The number of aliphatic hydroxyl groups excluding tert-OH is 1. The highest BCUT2D eigenvalue weighted by molar-refractivity contribution is 7.92. The van der Waals surface area contributed by atoms with E-state index in [-0.39, 0.29) is 18.1 Å². The van der Waals surface area contributed by atoms with Crippen LogP contribution in [0.4, 0.5) is 0 Å². The third kappa shape index (κ3) is 2.15. The summed E-state index contributed by atoms with van der Waals surface area (Å²) in [6, 6.07) is 0. The summed E-state index contributed by atoms with van der Waals surface area (Å²) in [4.78, 5) is 15.0. The van der Waals surface area contributed by atoms with E-state index in [1.54, 1.807) is 12.5 Å². The van der Waals surface area contributed by atoms with E-state index in [4.69, 9.17) is 0 Å². The number of aliphatic hydroxyl groups is 1. The minimum Gasteiger partial charge on any atom is -0.613 e. The Morgan fingerprint density at radius 1 is 1.39 bits per heavy atom. The monoisotopic (exact) mass is 337 g/mol. The second kappa shape index (κ2) is 5.59. The van der Waals surface area contributed by atoms with Crippen molar-refractivity contribution in [3.8, 4) is 0 Å². The van der Waals surface area contributed by atoms with Crippen LogP contribution in [0.5, 0.6) is 0 Å². The number of aromatic nitrogens is 2. The van der Waals surface area contributed by atoms with E-state index in [0.717, 1.165) is 0 Å². The van der Waals surface area contributed by atoms with Gasteiger partial charge in [0, 0.05) is 18.7 Å². The van der Waals surface area contributed by atoms with Crippen molar-refractivity contribution in [3.05, 3.63) is 45.5 Å². The molecule has 23 heavy (non-hydrogen) atoms. The van der Waals surface area contributed by atoms with Gasteiger partial charge in [-0.3, -0.25) is 15.0 Å². The molecule has 0 saturated carbocycles. The summed E-state index contributed by atoms with van der Waals surface area (Å²) in [7, 11) is 0. The molecule has 0 spiro atoms. The van der Waals surface area contributed by atoms with Crippen molar-refractivity contribution in [1.29, 1.82) is 0 Å². The average molecular weight is 337 g/mol. The highest BCUT2D eigenvalue weighted by atomic mass is 32.2. The minimum atomic E-state index is -1.47. The molecule has 124 valence electrons. The van der Waals surface area contributed by atoms with Gasteiger partial charge in [0.15, 0.2) is 11.0 Å². The molecule has 1 aromatic rings. The fourth-order valence-corrected chi connectivity index (χ4v) is 4.28. The second-order valence-electron chi connectivity index (χ2n) is 5.66. The van der Waals surface area contributed by atoms with Crippen LogP contribution in [0.25, 0.3) is 6.20 Å². The van der Waals surface area contributed by atoms with Crippen LogP contribution in [0.15, 0.2) is 34.2 Å². The number of allylic oxidation sites excluding steroid dienone is 2. The zero-order valence-corrected chi connectivity index (χ0v) is 13.6. The Morgan fingerprint density at radius 2 is 2.17 bits per heavy atom. The lowest BCUT2D eigenvalue weighted by atomic mass is 9.80. The lowest BCUT2D eigenvalue weighted by Gasteiger charge is -2.48. The Hall–Kier alpha value is -1.97. The van der Waals surface area contributed by atoms with E-state index >= 15 is 0 Å². The first-order chi connectivity index (χ1) is 11.0. The molecule has 2 aliphatic heterocycles. The third-order valence-corrected chi connectivity index (χ3v) is 5.77. The molecule has 0 radical (unpaired) electrons. The molecule has 3 rings (SSSR count). The van der Waals surface area contributed by atoms with Gasteiger partial charge in [0.1, 0.15) is 5.22 Å². The Balaban J connectivity index is 2.26. The van der Waals surface area contributed by atoms with Crippen molar-refractivity contribution >= 4 is 17.4 Å². The lowest BCUT2D eigenvalue weighted by molar-refractivity contribution is 0.133. The van der Waals surface area contributed by atoms with Crippen molar-refractivity contribution in [2.45, 2.75) is 17.5 Å². The largest absolute Gasteiger partial charge is 0.613 e. The highest BCUT2D eigenvalue weighted by Crippen LogP contribution is 2.38. The average Bonchev–Trinajstić information content (AvgIpc) is 2.94. The summed E-state index contributed by atoms with van der Waals surface area (Å²) in [6.45, 7) is 1.72. The lowest BCUT2D eigenvalue weighted by Crippen LogP contribution is -2.74. The van der Waals surface area contributed by atoms with E-state index in [1.165, 1.54) is 6.20 Å². The van der Waals surface area contributed by atoms with Gasteiger partial charge in [-0.2, -0.15) is 4.99 Å². The van der Waals surface area contributed by atoms with Gasteiger partial charge in [-0.05, 0) is 29.5 Å². The molecule has 0 amide bonds. The maximum atomic E-state index is 12.7. The van der Waals surface area contributed by atoms with E-state index in [2.05, 4.69) is 25.8 Å². The van der Waals surface area contributed by atoms with Crippen LogP contribution in [0, 0.1) is 5.92 Å². The van der Waals surface area contributed by atoms with E-state index in [0.29, 0.717) is 10.7 Å². The van der Waals surface area contributed by atoms with Gasteiger partial charge in [-0.15, -0.1) is 0 Å². The normalized spacial score (nSPS) is 31.1. The Kier molecular flexibility index (Phi) is 3.86. The molecule has 9 heteroatoms. The fourth-order valence-electron chi connectivity index (χ4n) is 3.03. The molecule has 0 bridgehead atoms. The molecule has 8 nitrogen and oxygen atoms in total. The van der Waals surface area contributed by atoms with Gasteiger partial charge in [0.25, 0.3) is 5.56 Å². The maximum absolute atomic E-state index is 12.7. The molecule has 2 aliphatic rings. The van der Waals surface area contributed by atoms with Gasteiger partial charge in [-0.1, -0.05) is 13.0 Å². The summed E-state index contributed by atoms with van der Waals surface area (Å²) < 4.78 is 12.7. The summed E-state index contributed by atoms with van der Waals surface area (Å²) >= 11 is -1.47. The molecule has 4 unspecified atom stereocenters. The van der Waals surface area contributed by atoms with Crippen molar-refractivity contribution in [3.63, 3.8) is 0 Å². The predicted octanol–water partition coefficient (Wildman–Crippen LogP) is -2.26. The number of dihydropyridines is 1. The number of hydrogen-bond donors (Lipinski definition) is 5. The number of rotatable bonds is 4. The van der Waals surface area contributed by atoms with Gasteiger partial charge >= 0.3 is 4.99 Å². The highest BCUT2D eigenvalue weighted by Gasteiger charge is 2.61. The molecule has 3 heterocycles. The first kappa shape index (κ1) is 15.9. The number of H-pyrrole nitrogens is 2. The van der Waals surface area contributed by atoms with Crippen molar-refractivity contribution in [1.82, 2.24) is 20.8 Å². The number of nitrogens with zero attached hydrogens (tertiary/aromatic N) is 1. The predicted molar refractivity (Wildman–Crippen MR) is 87.0 cm³/mol. The van der Waals surface area contributed by atoms with Crippen LogP contribution in [-0.2, 0) is 11.2 Å². The van der Waals surface area contributed by atoms with Crippen molar-refractivity contribution < 1.29 is 9.66 Å². The zero-order valence-electron chi connectivity index (χ0n) is 12.8. The Labute approximate surface area is 135 Å². The fraction of sp³-hybridized carbons (Fsp3) is 0.429. The number of fused-ring (bicyclic) bond motifs is 1. The summed E-state index contributed by atoms with van der Waals surface area (Å²) in [5.74, 6) is -0.301. The van der Waals surface area contributed by atoms with Crippen molar-refractivity contribution in [2.24, 2.45) is 10.9 Å². The number of aromatic amines is 2. The quantitative estimate of drug-likeness (QED) is 0.396. The van der Waals surface area contributed by atoms with Crippen molar-refractivity contribution in [2.75, 3.05) is 12.9 Å². The first-order valence-corrected chi connectivity index (χ1v) is 8.73. The van der Waals surface area contributed by atoms with Gasteiger partial charge in [-0.25, -0.2) is 0 Å². The van der Waals surface area contributed by atoms with Crippen LogP contribution in [0.3, 0.4) is 0 Å². The molecule has 0 aromatic carbocycles. The molecule has 0 fully saturated rings. The molecule has 1 aromatic heterocycles. The molecule has 0 saturated heterocycles. The Morgan fingerprint density at radius 3 is 2.78 bits per heavy atom. The van der Waals surface area contributed by atoms with Crippen LogP contribution < -0.4 is 26.9 Å². The van der Waals surface area contributed by atoms with Crippen LogP contribution in [-0.4, -0.2) is 43.3 Å². The molecular weight excluding hydrogens is 318 g/mol. The van der Waals surface area contributed by atoms with Gasteiger partial charge in [0.2, 0.25) is 0 Å². The zero-order chi connectivity index (χ0) is 16.7.